The molecule has 0 radical (unpaired) electrons. The number of hydrogen-bond donors (Lipinski definition) is 2. The van der Waals surface area contributed by atoms with Gasteiger partial charge in [0.25, 0.3) is 0 Å². The lowest BCUT2D eigenvalue weighted by Crippen LogP contribution is -2.01. The zero-order valence-electron chi connectivity index (χ0n) is 11.5. The molecular weight excluding hydrogens is 286 g/mol. The first-order chi connectivity index (χ1) is 10.0. The average molecular weight is 299 g/mol. The molecule has 0 amide bonds. The molecule has 3 aromatic rings. The second kappa shape index (κ2) is 5.21. The number of nitrogens with one attached hydrogen (secondary N) is 1. The van der Waals surface area contributed by atoms with E-state index in [0.717, 1.165) is 22.3 Å². The van der Waals surface area contributed by atoms with E-state index in [0.29, 0.717) is 10.2 Å². The Morgan fingerprint density at radius 3 is 2.76 bits per heavy atom. The van der Waals surface area contributed by atoms with Crippen LogP contribution in [0.15, 0.2) is 40.5 Å². The van der Waals surface area contributed by atoms with E-state index in [-0.39, 0.29) is 5.56 Å². The van der Waals surface area contributed by atoms with Crippen LogP contribution in [0.1, 0.15) is 21.6 Å². The van der Waals surface area contributed by atoms with Crippen LogP contribution in [-0.2, 0) is 0 Å². The minimum Gasteiger partial charge on any atom is -0.478 e. The molecule has 0 saturated carbocycles. The number of carboxylic acids is 1. The molecule has 2 aromatic heterocycles. The number of rotatable bonds is 3. The van der Waals surface area contributed by atoms with Crippen LogP contribution in [-0.4, -0.2) is 26.0 Å². The molecule has 0 aliphatic carbocycles. The number of carboxylic acid groups (broad SMARTS) is 1. The van der Waals surface area contributed by atoms with Gasteiger partial charge in [-0.15, -0.1) is 0 Å². The van der Waals surface area contributed by atoms with Gasteiger partial charge in [0.15, 0.2) is 5.16 Å². The standard InChI is InChI=1S/C15H13N3O2S/c1-8-3-6-11-12(7-8)18-15(17-11)21-13-10(14(19)20)5-4-9(2)16-13/h3-7H,1-2H3,(H,17,18)(H,19,20). The van der Waals surface area contributed by atoms with Crippen molar-refractivity contribution in [3.63, 3.8) is 0 Å². The topological polar surface area (TPSA) is 78.9 Å². The zero-order valence-corrected chi connectivity index (χ0v) is 12.4. The fourth-order valence-electron chi connectivity index (χ4n) is 2.01. The van der Waals surface area contributed by atoms with Crippen molar-refractivity contribution in [1.29, 1.82) is 0 Å². The van der Waals surface area contributed by atoms with E-state index >= 15 is 0 Å². The summed E-state index contributed by atoms with van der Waals surface area (Å²) in [6.45, 7) is 3.84. The van der Waals surface area contributed by atoms with Crippen molar-refractivity contribution in [2.45, 2.75) is 24.0 Å². The van der Waals surface area contributed by atoms with Crippen LogP contribution in [0.3, 0.4) is 0 Å². The summed E-state index contributed by atoms with van der Waals surface area (Å²) in [5.41, 5.74) is 3.88. The quantitative estimate of drug-likeness (QED) is 0.774. The van der Waals surface area contributed by atoms with Crippen molar-refractivity contribution in [3.05, 3.63) is 47.2 Å². The summed E-state index contributed by atoms with van der Waals surface area (Å²) < 4.78 is 0. The van der Waals surface area contributed by atoms with Crippen molar-refractivity contribution in [2.24, 2.45) is 0 Å². The molecule has 0 bridgehead atoms. The van der Waals surface area contributed by atoms with E-state index in [4.69, 9.17) is 0 Å². The third kappa shape index (κ3) is 2.75. The molecule has 21 heavy (non-hydrogen) atoms. The predicted molar refractivity (Wildman–Crippen MR) is 80.9 cm³/mol. The molecule has 0 spiro atoms. The van der Waals surface area contributed by atoms with Crippen molar-refractivity contribution in [3.8, 4) is 0 Å². The zero-order chi connectivity index (χ0) is 15.0. The lowest BCUT2D eigenvalue weighted by molar-refractivity contribution is 0.0692. The van der Waals surface area contributed by atoms with Crippen LogP contribution in [0.4, 0.5) is 0 Å². The number of benzene rings is 1. The number of nitrogens with zero attached hydrogens (tertiary/aromatic N) is 2. The van der Waals surface area contributed by atoms with Gasteiger partial charge in [0, 0.05) is 5.69 Å². The van der Waals surface area contributed by atoms with Gasteiger partial charge in [0.05, 0.1) is 16.6 Å². The number of pyridine rings is 1. The first kappa shape index (κ1) is 13.6. The van der Waals surface area contributed by atoms with Crippen LogP contribution in [0.2, 0.25) is 0 Å². The summed E-state index contributed by atoms with van der Waals surface area (Å²) in [5, 5.41) is 10.3. The number of aromatic carboxylic acids is 1. The highest BCUT2D eigenvalue weighted by molar-refractivity contribution is 7.99. The molecular formula is C15H13N3O2S. The van der Waals surface area contributed by atoms with Crippen molar-refractivity contribution < 1.29 is 9.90 Å². The number of aromatic amines is 1. The molecule has 3 rings (SSSR count). The molecule has 2 heterocycles. The van der Waals surface area contributed by atoms with Crippen molar-refractivity contribution >= 4 is 28.8 Å². The third-order valence-electron chi connectivity index (χ3n) is 3.04. The third-order valence-corrected chi connectivity index (χ3v) is 3.93. The van der Waals surface area contributed by atoms with Gasteiger partial charge >= 0.3 is 5.97 Å². The second-order valence-corrected chi connectivity index (χ2v) is 5.75. The molecule has 0 aliphatic rings. The maximum atomic E-state index is 11.3. The van der Waals surface area contributed by atoms with Gasteiger partial charge < -0.3 is 10.1 Å². The van der Waals surface area contributed by atoms with Crippen LogP contribution in [0.5, 0.6) is 0 Å². The first-order valence-electron chi connectivity index (χ1n) is 6.38. The largest absolute Gasteiger partial charge is 0.478 e. The monoisotopic (exact) mass is 299 g/mol. The van der Waals surface area contributed by atoms with Gasteiger partial charge in [-0.2, -0.15) is 0 Å². The van der Waals surface area contributed by atoms with Crippen LogP contribution >= 0.6 is 11.8 Å². The number of hydrogen-bond acceptors (Lipinski definition) is 4. The number of carbonyl (C=O) groups is 1. The average Bonchev–Trinajstić information content (AvgIpc) is 2.79. The number of fused-ring (bicyclic) bond motifs is 1. The summed E-state index contributed by atoms with van der Waals surface area (Å²) in [6.07, 6.45) is 0. The maximum absolute atomic E-state index is 11.3. The van der Waals surface area contributed by atoms with Gasteiger partial charge in [-0.25, -0.2) is 14.8 Å². The molecule has 0 saturated heterocycles. The Morgan fingerprint density at radius 1 is 1.19 bits per heavy atom. The van der Waals surface area contributed by atoms with Gasteiger partial charge in [0.2, 0.25) is 0 Å². The lowest BCUT2D eigenvalue weighted by atomic mass is 10.2. The fraction of sp³-hybridized carbons (Fsp3) is 0.133. The van der Waals surface area contributed by atoms with Gasteiger partial charge in [0.1, 0.15) is 5.03 Å². The molecule has 2 N–H and O–H groups in total. The van der Waals surface area contributed by atoms with E-state index in [1.807, 2.05) is 32.0 Å². The van der Waals surface area contributed by atoms with Gasteiger partial charge in [-0.1, -0.05) is 6.07 Å². The van der Waals surface area contributed by atoms with Crippen LogP contribution in [0, 0.1) is 13.8 Å². The van der Waals surface area contributed by atoms with E-state index in [9.17, 15) is 9.90 Å². The Kier molecular flexibility index (Phi) is 3.39. The highest BCUT2D eigenvalue weighted by atomic mass is 32.2. The minimum absolute atomic E-state index is 0.183. The fourth-order valence-corrected chi connectivity index (χ4v) is 2.96. The predicted octanol–water partition coefficient (Wildman–Crippen LogP) is 3.42. The summed E-state index contributed by atoms with van der Waals surface area (Å²) in [4.78, 5) is 23.2. The maximum Gasteiger partial charge on any atom is 0.338 e. The summed E-state index contributed by atoms with van der Waals surface area (Å²) in [6, 6.07) is 9.20. The molecule has 6 heteroatoms. The minimum atomic E-state index is -0.989. The molecule has 0 unspecified atom stereocenters. The molecule has 0 fully saturated rings. The normalized spacial score (nSPS) is 11.0. The number of aromatic nitrogens is 3. The molecule has 106 valence electrons. The van der Waals surface area contributed by atoms with E-state index in [2.05, 4.69) is 15.0 Å². The Labute approximate surface area is 125 Å². The second-order valence-electron chi connectivity index (χ2n) is 4.78. The Bertz CT molecular complexity index is 842. The Morgan fingerprint density at radius 2 is 2.00 bits per heavy atom. The number of imidazole rings is 1. The van der Waals surface area contributed by atoms with Gasteiger partial charge in [-0.05, 0) is 55.4 Å². The van der Waals surface area contributed by atoms with Crippen LogP contribution < -0.4 is 0 Å². The molecule has 1 aromatic carbocycles. The summed E-state index contributed by atoms with van der Waals surface area (Å²) >= 11 is 1.23. The molecule has 5 nitrogen and oxygen atoms in total. The van der Waals surface area contributed by atoms with Crippen molar-refractivity contribution in [1.82, 2.24) is 15.0 Å². The summed E-state index contributed by atoms with van der Waals surface area (Å²) in [5.74, 6) is -0.989. The van der Waals surface area contributed by atoms with Crippen LogP contribution in [0.25, 0.3) is 11.0 Å². The van der Waals surface area contributed by atoms with E-state index < -0.39 is 5.97 Å². The highest BCUT2D eigenvalue weighted by Gasteiger charge is 2.15. The lowest BCUT2D eigenvalue weighted by Gasteiger charge is -2.03. The first-order valence-corrected chi connectivity index (χ1v) is 7.20. The molecule has 0 aliphatic heterocycles. The SMILES string of the molecule is Cc1ccc2nc(Sc3nc(C)ccc3C(=O)O)[nH]c2c1. The van der Waals surface area contributed by atoms with Crippen molar-refractivity contribution in [2.75, 3.05) is 0 Å². The Balaban J connectivity index is 2.02. The number of aryl methyl sites for hydroxylation is 2. The summed E-state index contributed by atoms with van der Waals surface area (Å²) in [7, 11) is 0. The molecule has 0 atom stereocenters. The van der Waals surface area contributed by atoms with E-state index in [1.54, 1.807) is 12.1 Å². The smallest absolute Gasteiger partial charge is 0.338 e. The van der Waals surface area contributed by atoms with Gasteiger partial charge in [-0.3, -0.25) is 0 Å². The number of H-pyrrole nitrogens is 1. The van der Waals surface area contributed by atoms with E-state index in [1.165, 1.54) is 11.8 Å². The highest BCUT2D eigenvalue weighted by Crippen LogP contribution is 2.29. The Hall–Kier alpha value is -2.34.